The van der Waals surface area contributed by atoms with Crippen LogP contribution in [-0.4, -0.2) is 26.5 Å². The van der Waals surface area contributed by atoms with Crippen molar-refractivity contribution in [3.63, 3.8) is 0 Å². The van der Waals surface area contributed by atoms with Gasteiger partial charge in [-0.1, -0.05) is 24.3 Å². The highest BCUT2D eigenvalue weighted by Crippen LogP contribution is 2.17. The van der Waals surface area contributed by atoms with Gasteiger partial charge in [-0.15, -0.1) is 0 Å². The van der Waals surface area contributed by atoms with E-state index < -0.39 is 0 Å². The molecule has 0 radical (unpaired) electrons. The topological polar surface area (TPSA) is 63.0 Å². The maximum atomic E-state index is 9.08. The molecule has 0 saturated carbocycles. The molecule has 0 spiro atoms. The van der Waals surface area contributed by atoms with Gasteiger partial charge in [-0.2, -0.15) is 5.10 Å². The Balaban J connectivity index is 1.72. The van der Waals surface area contributed by atoms with Crippen molar-refractivity contribution < 1.29 is 5.11 Å². The molecule has 2 aromatic heterocycles. The number of benzene rings is 1. The summed E-state index contributed by atoms with van der Waals surface area (Å²) in [7, 11) is 0. The Kier molecular flexibility index (Phi) is 4.69. The molecular weight excluding hydrogens is 288 g/mol. The molecule has 23 heavy (non-hydrogen) atoms. The second kappa shape index (κ2) is 6.89. The highest BCUT2D eigenvalue weighted by molar-refractivity contribution is 5.84. The first-order valence-electron chi connectivity index (χ1n) is 7.88. The minimum absolute atomic E-state index is 0.106. The van der Waals surface area contributed by atoms with Crippen LogP contribution in [-0.2, 0) is 19.6 Å². The summed E-state index contributed by atoms with van der Waals surface area (Å²) < 4.78 is 1.86. The maximum Gasteiger partial charge on any atom is 0.0644 e. The molecule has 0 saturated heterocycles. The Hall–Kier alpha value is -2.24. The Morgan fingerprint density at radius 1 is 1.13 bits per heavy atom. The summed E-state index contributed by atoms with van der Waals surface area (Å²) in [4.78, 5) is 4.50. The van der Waals surface area contributed by atoms with Gasteiger partial charge in [0.05, 0.1) is 24.5 Å². The largest absolute Gasteiger partial charge is 0.394 e. The fourth-order valence-electron chi connectivity index (χ4n) is 2.93. The van der Waals surface area contributed by atoms with Crippen molar-refractivity contribution in [3.8, 4) is 0 Å². The number of aliphatic hydroxyl groups excluding tert-OH is 1. The lowest BCUT2D eigenvalue weighted by atomic mass is 10.1. The zero-order valence-corrected chi connectivity index (χ0v) is 13.6. The van der Waals surface area contributed by atoms with E-state index in [0.717, 1.165) is 23.6 Å². The van der Waals surface area contributed by atoms with Crippen LogP contribution in [0.2, 0.25) is 0 Å². The quantitative estimate of drug-likeness (QED) is 0.733. The number of aliphatic hydroxyl groups is 1. The third kappa shape index (κ3) is 3.25. The number of hydrogen-bond acceptors (Lipinski definition) is 4. The molecule has 5 nitrogen and oxygen atoms in total. The molecule has 1 aromatic carbocycles. The Labute approximate surface area is 136 Å². The van der Waals surface area contributed by atoms with Crippen molar-refractivity contribution in [1.82, 2.24) is 20.1 Å². The summed E-state index contributed by atoms with van der Waals surface area (Å²) in [6, 6.07) is 10.3. The summed E-state index contributed by atoms with van der Waals surface area (Å²) in [6.45, 7) is 6.16. The third-order valence-corrected chi connectivity index (χ3v) is 4.19. The van der Waals surface area contributed by atoms with E-state index in [2.05, 4.69) is 27.5 Å². The van der Waals surface area contributed by atoms with Crippen molar-refractivity contribution in [2.75, 3.05) is 6.61 Å². The molecule has 2 heterocycles. The van der Waals surface area contributed by atoms with E-state index >= 15 is 0 Å². The number of pyridine rings is 1. The van der Waals surface area contributed by atoms with Crippen LogP contribution in [0.5, 0.6) is 0 Å². The molecule has 0 aliphatic carbocycles. The van der Waals surface area contributed by atoms with Crippen LogP contribution in [0, 0.1) is 13.8 Å². The van der Waals surface area contributed by atoms with Crippen molar-refractivity contribution in [1.29, 1.82) is 0 Å². The van der Waals surface area contributed by atoms with Gasteiger partial charge in [-0.25, -0.2) is 0 Å². The van der Waals surface area contributed by atoms with E-state index in [-0.39, 0.29) is 6.61 Å². The van der Waals surface area contributed by atoms with Crippen molar-refractivity contribution in [2.45, 2.75) is 33.5 Å². The lowest BCUT2D eigenvalue weighted by Gasteiger charge is -2.08. The first-order chi connectivity index (χ1) is 11.2. The maximum absolute atomic E-state index is 9.08. The van der Waals surface area contributed by atoms with Crippen molar-refractivity contribution in [2.24, 2.45) is 0 Å². The van der Waals surface area contributed by atoms with Crippen LogP contribution < -0.4 is 5.32 Å². The number of aromatic nitrogens is 3. The molecule has 3 aromatic rings. The Morgan fingerprint density at radius 2 is 1.96 bits per heavy atom. The van der Waals surface area contributed by atoms with Gasteiger partial charge in [0, 0.05) is 35.9 Å². The lowest BCUT2D eigenvalue weighted by Crippen LogP contribution is -2.15. The van der Waals surface area contributed by atoms with Gasteiger partial charge >= 0.3 is 0 Å². The molecule has 0 aliphatic rings. The summed E-state index contributed by atoms with van der Waals surface area (Å²) in [5.41, 5.74) is 4.36. The molecule has 0 amide bonds. The number of fused-ring (bicyclic) bond motifs is 1. The summed E-state index contributed by atoms with van der Waals surface area (Å²) in [5, 5.41) is 19.4. The predicted molar refractivity (Wildman–Crippen MR) is 91.1 cm³/mol. The fraction of sp³-hybridized carbons (Fsp3) is 0.333. The van der Waals surface area contributed by atoms with Crippen LogP contribution in [0.15, 0.2) is 36.5 Å². The van der Waals surface area contributed by atoms with Gasteiger partial charge in [0.15, 0.2) is 0 Å². The molecule has 120 valence electrons. The van der Waals surface area contributed by atoms with E-state index in [0.29, 0.717) is 13.1 Å². The zero-order chi connectivity index (χ0) is 16.2. The molecule has 3 rings (SSSR count). The van der Waals surface area contributed by atoms with Gasteiger partial charge < -0.3 is 10.4 Å². The minimum atomic E-state index is 0.106. The SMILES string of the molecule is Cc1nn(CCO)c(C)c1CNCc1nccc2ccccc12. The highest BCUT2D eigenvalue weighted by atomic mass is 16.3. The number of aryl methyl sites for hydroxylation is 1. The van der Waals surface area contributed by atoms with Crippen molar-refractivity contribution >= 4 is 10.8 Å². The number of hydrogen-bond donors (Lipinski definition) is 2. The van der Waals surface area contributed by atoms with E-state index in [4.69, 9.17) is 5.11 Å². The normalized spacial score (nSPS) is 11.3. The average Bonchev–Trinajstić information content (AvgIpc) is 2.83. The van der Waals surface area contributed by atoms with Gasteiger partial charge in [0.25, 0.3) is 0 Å². The van der Waals surface area contributed by atoms with Gasteiger partial charge in [-0.3, -0.25) is 9.67 Å². The van der Waals surface area contributed by atoms with Gasteiger partial charge in [-0.05, 0) is 25.3 Å². The fourth-order valence-corrected chi connectivity index (χ4v) is 2.93. The summed E-state index contributed by atoms with van der Waals surface area (Å²) >= 11 is 0. The molecule has 0 bridgehead atoms. The second-order valence-electron chi connectivity index (χ2n) is 5.68. The summed E-state index contributed by atoms with van der Waals surface area (Å²) in [6.07, 6.45) is 1.86. The van der Waals surface area contributed by atoms with E-state index in [1.54, 1.807) is 0 Å². The molecule has 0 fully saturated rings. The Morgan fingerprint density at radius 3 is 2.78 bits per heavy atom. The van der Waals surface area contributed by atoms with Crippen LogP contribution in [0.25, 0.3) is 10.8 Å². The zero-order valence-electron chi connectivity index (χ0n) is 13.6. The smallest absolute Gasteiger partial charge is 0.0644 e. The third-order valence-electron chi connectivity index (χ3n) is 4.19. The van der Waals surface area contributed by atoms with Crippen LogP contribution in [0.3, 0.4) is 0 Å². The van der Waals surface area contributed by atoms with E-state index in [9.17, 15) is 0 Å². The molecule has 5 heteroatoms. The molecule has 2 N–H and O–H groups in total. The molecule has 0 unspecified atom stereocenters. The molecular formula is C18H22N4O. The van der Waals surface area contributed by atoms with Gasteiger partial charge in [0.2, 0.25) is 0 Å². The number of nitrogens with one attached hydrogen (secondary N) is 1. The first-order valence-corrected chi connectivity index (χ1v) is 7.88. The highest BCUT2D eigenvalue weighted by Gasteiger charge is 2.11. The van der Waals surface area contributed by atoms with Crippen molar-refractivity contribution in [3.05, 3.63) is 59.2 Å². The van der Waals surface area contributed by atoms with E-state index in [1.165, 1.54) is 16.3 Å². The van der Waals surface area contributed by atoms with Crippen LogP contribution in [0.4, 0.5) is 0 Å². The molecule has 0 atom stereocenters. The standard InChI is InChI=1S/C18H22N4O/c1-13-17(14(2)22(21-13)9-10-23)11-19-12-18-16-6-4-3-5-15(16)7-8-20-18/h3-8,19,23H,9-12H2,1-2H3. The van der Waals surface area contributed by atoms with Crippen LogP contribution >= 0.6 is 0 Å². The van der Waals surface area contributed by atoms with Gasteiger partial charge in [0.1, 0.15) is 0 Å². The lowest BCUT2D eigenvalue weighted by molar-refractivity contribution is 0.267. The average molecular weight is 310 g/mol. The second-order valence-corrected chi connectivity index (χ2v) is 5.68. The number of nitrogens with zero attached hydrogens (tertiary/aromatic N) is 3. The van der Waals surface area contributed by atoms with Crippen LogP contribution in [0.1, 0.15) is 22.6 Å². The number of rotatable bonds is 6. The molecule has 0 aliphatic heterocycles. The minimum Gasteiger partial charge on any atom is -0.394 e. The Bertz CT molecular complexity index is 805. The predicted octanol–water partition coefficient (Wildman–Crippen LogP) is 2.33. The van der Waals surface area contributed by atoms with E-state index in [1.807, 2.05) is 42.9 Å². The monoisotopic (exact) mass is 310 g/mol. The summed E-state index contributed by atoms with van der Waals surface area (Å²) in [5.74, 6) is 0. The first kappa shape index (κ1) is 15.6.